The van der Waals surface area contributed by atoms with Crippen LogP contribution in [0.25, 0.3) is 16.0 Å². The molecule has 1 fully saturated rings. The van der Waals surface area contributed by atoms with E-state index in [1.807, 2.05) is 6.92 Å². The maximum absolute atomic E-state index is 13.8. The van der Waals surface area contributed by atoms with Crippen molar-refractivity contribution >= 4 is 55.7 Å². The summed E-state index contributed by atoms with van der Waals surface area (Å²) in [5.41, 5.74) is 2.28. The average molecular weight is 521 g/mol. The number of thiazole rings is 1. The fourth-order valence-electron chi connectivity index (χ4n) is 4.74. The minimum atomic E-state index is -0.975. The molecular weight excluding hydrogens is 503 g/mol. The van der Waals surface area contributed by atoms with Crippen LogP contribution in [0.4, 0.5) is 9.52 Å². The van der Waals surface area contributed by atoms with Gasteiger partial charge in [-0.3, -0.25) is 14.5 Å². The first-order valence-corrected chi connectivity index (χ1v) is 12.4. The van der Waals surface area contributed by atoms with E-state index >= 15 is 0 Å². The Hall–Kier alpha value is -3.75. The zero-order chi connectivity index (χ0) is 25.1. The average Bonchev–Trinajstić information content (AvgIpc) is 3.50. The number of hydrogen-bond donors (Lipinski definition) is 1. The number of amides is 1. The Morgan fingerprint density at radius 2 is 2.00 bits per heavy atom. The number of aliphatic hydroxyl groups is 1. The van der Waals surface area contributed by atoms with Crippen molar-refractivity contribution in [2.75, 3.05) is 4.90 Å². The van der Waals surface area contributed by atoms with Crippen molar-refractivity contribution in [3.8, 4) is 5.75 Å². The van der Waals surface area contributed by atoms with Gasteiger partial charge in [0.25, 0.3) is 5.78 Å². The first-order chi connectivity index (χ1) is 17.3. The highest BCUT2D eigenvalue weighted by atomic mass is 35.5. The SMILES string of the molecule is C[C@H]1Cc2cc(/C(O)=C3\C(=O)C(=O)N(c4nc5ccc(F)cc5s4)[C@@H]3c3cccc(Cl)c3)ccc2O1. The predicted molar refractivity (Wildman–Crippen MR) is 136 cm³/mol. The summed E-state index contributed by atoms with van der Waals surface area (Å²) < 4.78 is 20.1. The highest BCUT2D eigenvalue weighted by molar-refractivity contribution is 7.22. The van der Waals surface area contributed by atoms with E-state index in [0.717, 1.165) is 22.6 Å². The molecule has 6 nitrogen and oxygen atoms in total. The summed E-state index contributed by atoms with van der Waals surface area (Å²) in [6, 6.07) is 15.1. The smallest absolute Gasteiger partial charge is 0.301 e. The van der Waals surface area contributed by atoms with E-state index in [0.29, 0.717) is 32.8 Å². The molecule has 0 saturated carbocycles. The molecule has 0 radical (unpaired) electrons. The fourth-order valence-corrected chi connectivity index (χ4v) is 5.95. The number of Topliss-reactive ketones (excluding diaryl/α,β-unsaturated/α-hetero) is 1. The zero-order valence-electron chi connectivity index (χ0n) is 18.9. The monoisotopic (exact) mass is 520 g/mol. The van der Waals surface area contributed by atoms with E-state index in [4.69, 9.17) is 16.3 Å². The van der Waals surface area contributed by atoms with Crippen LogP contribution >= 0.6 is 22.9 Å². The van der Waals surface area contributed by atoms with Crippen LogP contribution in [-0.2, 0) is 16.0 Å². The number of aromatic nitrogens is 1. The Kier molecular flexibility index (Phi) is 5.31. The van der Waals surface area contributed by atoms with Gasteiger partial charge in [0.05, 0.1) is 21.8 Å². The van der Waals surface area contributed by atoms with Gasteiger partial charge in [-0.15, -0.1) is 0 Å². The second-order valence-electron chi connectivity index (χ2n) is 8.79. The summed E-state index contributed by atoms with van der Waals surface area (Å²) in [6.45, 7) is 1.95. The first kappa shape index (κ1) is 22.7. The molecule has 1 saturated heterocycles. The number of anilines is 1. The van der Waals surface area contributed by atoms with Gasteiger partial charge in [-0.25, -0.2) is 9.37 Å². The summed E-state index contributed by atoms with van der Waals surface area (Å²) >= 11 is 7.35. The Morgan fingerprint density at radius 3 is 2.81 bits per heavy atom. The molecule has 0 aliphatic carbocycles. The predicted octanol–water partition coefficient (Wildman–Crippen LogP) is 6.04. The van der Waals surface area contributed by atoms with E-state index in [1.165, 1.54) is 23.1 Å². The lowest BCUT2D eigenvalue weighted by Gasteiger charge is -2.23. The molecule has 3 aromatic carbocycles. The molecule has 4 aromatic rings. The maximum atomic E-state index is 13.8. The third kappa shape index (κ3) is 3.65. The van der Waals surface area contributed by atoms with Crippen LogP contribution in [0.1, 0.15) is 29.7 Å². The molecule has 3 heterocycles. The molecule has 0 bridgehead atoms. The normalized spacial score (nSPS) is 20.7. The lowest BCUT2D eigenvalue weighted by Crippen LogP contribution is -2.29. The third-order valence-corrected chi connectivity index (χ3v) is 7.58. The van der Waals surface area contributed by atoms with Gasteiger partial charge in [0.15, 0.2) is 5.13 Å². The Bertz CT molecular complexity index is 1610. The zero-order valence-corrected chi connectivity index (χ0v) is 20.4. The molecule has 2 aliphatic rings. The number of halogens is 2. The molecule has 1 N–H and O–H groups in total. The van der Waals surface area contributed by atoms with Crippen molar-refractivity contribution in [1.29, 1.82) is 0 Å². The standard InChI is InChI=1S/C27H18ClFN2O4S/c1-13-9-16-10-15(5-8-20(16)35-13)24(32)22-23(14-3-2-4-17(28)11-14)31(26(34)25(22)33)27-30-19-7-6-18(29)12-21(19)36-27/h2-8,10-13,23,32H,9H2,1H3/b24-22+/t13-,23+/m0/s1. The summed E-state index contributed by atoms with van der Waals surface area (Å²) in [5.74, 6) is -1.67. The largest absolute Gasteiger partial charge is 0.507 e. The Morgan fingerprint density at radius 1 is 1.17 bits per heavy atom. The quantitative estimate of drug-likeness (QED) is 0.202. The Labute approximate surface area is 214 Å². The molecule has 0 spiro atoms. The third-order valence-electron chi connectivity index (χ3n) is 6.32. The summed E-state index contributed by atoms with van der Waals surface area (Å²) in [5, 5.41) is 12.0. The molecule has 6 rings (SSSR count). The minimum absolute atomic E-state index is 0.0123. The van der Waals surface area contributed by atoms with Crippen LogP contribution < -0.4 is 9.64 Å². The number of benzene rings is 3. The van der Waals surface area contributed by atoms with Crippen molar-refractivity contribution < 1.29 is 23.8 Å². The van der Waals surface area contributed by atoms with Crippen molar-refractivity contribution in [1.82, 2.24) is 4.98 Å². The van der Waals surface area contributed by atoms with Gasteiger partial charge in [0.2, 0.25) is 0 Å². The van der Waals surface area contributed by atoms with Gasteiger partial charge >= 0.3 is 5.91 Å². The van der Waals surface area contributed by atoms with Crippen LogP contribution in [0.3, 0.4) is 0 Å². The second kappa shape index (κ2) is 8.43. The second-order valence-corrected chi connectivity index (χ2v) is 10.2. The minimum Gasteiger partial charge on any atom is -0.507 e. The maximum Gasteiger partial charge on any atom is 0.301 e. The number of aliphatic hydroxyl groups excluding tert-OH is 1. The van der Waals surface area contributed by atoms with Crippen LogP contribution in [0.2, 0.25) is 5.02 Å². The molecule has 1 amide bonds. The summed E-state index contributed by atoms with van der Waals surface area (Å²) in [6.07, 6.45) is 0.684. The van der Waals surface area contributed by atoms with Crippen molar-refractivity contribution in [3.63, 3.8) is 0 Å². The van der Waals surface area contributed by atoms with Crippen LogP contribution in [-0.4, -0.2) is 27.9 Å². The fraction of sp³-hybridized carbons (Fsp3) is 0.148. The lowest BCUT2D eigenvalue weighted by molar-refractivity contribution is -0.132. The molecule has 9 heteroatoms. The van der Waals surface area contributed by atoms with Crippen LogP contribution in [0.15, 0.2) is 66.2 Å². The highest BCUT2D eigenvalue weighted by Gasteiger charge is 2.48. The Balaban J connectivity index is 1.54. The van der Waals surface area contributed by atoms with Crippen molar-refractivity contribution in [3.05, 3.63) is 93.8 Å². The van der Waals surface area contributed by atoms with Crippen molar-refractivity contribution in [2.45, 2.75) is 25.5 Å². The molecule has 2 atom stereocenters. The topological polar surface area (TPSA) is 79.7 Å². The first-order valence-electron chi connectivity index (χ1n) is 11.2. The van der Waals surface area contributed by atoms with Crippen LogP contribution in [0.5, 0.6) is 5.75 Å². The molecule has 36 heavy (non-hydrogen) atoms. The molecule has 1 aromatic heterocycles. The number of carbonyl (C=O) groups excluding carboxylic acids is 2. The van der Waals surface area contributed by atoms with E-state index in [2.05, 4.69) is 4.98 Å². The highest BCUT2D eigenvalue weighted by Crippen LogP contribution is 2.45. The number of ketones is 1. The van der Waals surface area contributed by atoms with Gasteiger partial charge < -0.3 is 9.84 Å². The number of fused-ring (bicyclic) bond motifs is 2. The lowest BCUT2D eigenvalue weighted by atomic mass is 9.94. The van der Waals surface area contributed by atoms with E-state index in [1.54, 1.807) is 42.5 Å². The van der Waals surface area contributed by atoms with Gasteiger partial charge in [0, 0.05) is 17.0 Å². The molecule has 0 unspecified atom stereocenters. The molecular formula is C27H18ClFN2O4S. The molecule has 2 aliphatic heterocycles. The summed E-state index contributed by atoms with van der Waals surface area (Å²) in [7, 11) is 0. The van der Waals surface area contributed by atoms with E-state index in [9.17, 15) is 19.1 Å². The van der Waals surface area contributed by atoms with Gasteiger partial charge in [-0.1, -0.05) is 35.1 Å². The van der Waals surface area contributed by atoms with Crippen molar-refractivity contribution in [2.24, 2.45) is 0 Å². The van der Waals surface area contributed by atoms with Gasteiger partial charge in [-0.2, -0.15) is 0 Å². The van der Waals surface area contributed by atoms with Gasteiger partial charge in [-0.05, 0) is 66.6 Å². The number of ether oxygens (including phenoxy) is 1. The molecule has 180 valence electrons. The van der Waals surface area contributed by atoms with E-state index < -0.39 is 23.5 Å². The number of rotatable bonds is 3. The van der Waals surface area contributed by atoms with Crippen LogP contribution in [0, 0.1) is 5.82 Å². The van der Waals surface area contributed by atoms with Gasteiger partial charge in [0.1, 0.15) is 23.4 Å². The summed E-state index contributed by atoms with van der Waals surface area (Å²) in [4.78, 5) is 32.5. The number of nitrogens with zero attached hydrogens (tertiary/aromatic N) is 2. The number of carbonyl (C=O) groups is 2. The van der Waals surface area contributed by atoms with E-state index in [-0.39, 0.29) is 22.6 Å². The number of hydrogen-bond acceptors (Lipinski definition) is 6.